The predicted molar refractivity (Wildman–Crippen MR) is 69.1 cm³/mol. The summed E-state index contributed by atoms with van der Waals surface area (Å²) >= 11 is 0. The first-order valence-corrected chi connectivity index (χ1v) is 6.67. The van der Waals surface area contributed by atoms with E-state index in [0.717, 1.165) is 6.54 Å². The maximum absolute atomic E-state index is 10.9. The van der Waals surface area contributed by atoms with Crippen LogP contribution in [0.5, 0.6) is 0 Å². The second-order valence-electron chi connectivity index (χ2n) is 4.21. The Morgan fingerprint density at radius 1 is 1.29 bits per heavy atom. The van der Waals surface area contributed by atoms with Crippen molar-refractivity contribution in [1.29, 1.82) is 0 Å². The summed E-state index contributed by atoms with van der Waals surface area (Å²) in [5.41, 5.74) is 0. The van der Waals surface area contributed by atoms with Crippen molar-refractivity contribution in [2.24, 2.45) is 0 Å². The highest BCUT2D eigenvalue weighted by Gasteiger charge is 2.02. The first-order valence-electron chi connectivity index (χ1n) is 6.67. The van der Waals surface area contributed by atoms with Crippen LogP contribution in [0.2, 0.25) is 0 Å². The van der Waals surface area contributed by atoms with Crippen molar-refractivity contribution >= 4 is 5.97 Å². The first-order chi connectivity index (χ1) is 8.20. The minimum Gasteiger partial charge on any atom is -0.464 e. The second-order valence-corrected chi connectivity index (χ2v) is 4.21. The lowest BCUT2D eigenvalue weighted by Gasteiger charge is -2.13. The topological polar surface area (TPSA) is 47.6 Å². The number of rotatable bonds is 11. The quantitative estimate of drug-likeness (QED) is 0.447. The van der Waals surface area contributed by atoms with Gasteiger partial charge in [-0.05, 0) is 20.3 Å². The van der Waals surface area contributed by atoms with Gasteiger partial charge in [-0.25, -0.2) is 4.79 Å². The summed E-state index contributed by atoms with van der Waals surface area (Å²) < 4.78 is 9.94. The smallest absolute Gasteiger partial charge is 0.332 e. The lowest BCUT2D eigenvalue weighted by atomic mass is 10.1. The van der Waals surface area contributed by atoms with Crippen LogP contribution in [-0.2, 0) is 14.3 Å². The Kier molecular flexibility index (Phi) is 11.4. The molecule has 0 amide bonds. The molecule has 0 saturated carbocycles. The Morgan fingerprint density at radius 2 is 2.06 bits per heavy atom. The number of nitrogens with one attached hydrogen (secondary N) is 1. The molecule has 0 radical (unpaired) electrons. The molecule has 0 heterocycles. The molecule has 1 N–H and O–H groups in total. The van der Waals surface area contributed by atoms with E-state index in [-0.39, 0.29) is 12.6 Å². The van der Waals surface area contributed by atoms with Crippen LogP contribution in [0.15, 0.2) is 0 Å². The van der Waals surface area contributed by atoms with E-state index in [1.54, 1.807) is 6.92 Å². The summed E-state index contributed by atoms with van der Waals surface area (Å²) in [7, 11) is 0. The molecule has 1 atom stereocenters. The Labute approximate surface area is 105 Å². The van der Waals surface area contributed by atoms with E-state index in [4.69, 9.17) is 9.47 Å². The fourth-order valence-electron chi connectivity index (χ4n) is 1.54. The van der Waals surface area contributed by atoms with Gasteiger partial charge in [0.05, 0.1) is 13.2 Å². The maximum atomic E-state index is 10.9. The van der Waals surface area contributed by atoms with Crippen LogP contribution in [0.1, 0.15) is 46.5 Å². The highest BCUT2D eigenvalue weighted by Crippen LogP contribution is 2.02. The molecule has 0 aliphatic heterocycles. The number of hydrogen-bond donors (Lipinski definition) is 1. The highest BCUT2D eigenvalue weighted by atomic mass is 16.6. The first kappa shape index (κ1) is 16.4. The van der Waals surface area contributed by atoms with Gasteiger partial charge in [-0.15, -0.1) is 0 Å². The average molecular weight is 245 g/mol. The highest BCUT2D eigenvalue weighted by molar-refractivity contribution is 5.70. The van der Waals surface area contributed by atoms with Crippen LogP contribution in [0.4, 0.5) is 0 Å². The molecule has 0 rings (SSSR count). The molecule has 0 aromatic carbocycles. The van der Waals surface area contributed by atoms with Crippen LogP contribution in [-0.4, -0.2) is 38.4 Å². The van der Waals surface area contributed by atoms with Gasteiger partial charge in [0.1, 0.15) is 6.61 Å². The zero-order valence-corrected chi connectivity index (χ0v) is 11.5. The Bertz CT molecular complexity index is 186. The summed E-state index contributed by atoms with van der Waals surface area (Å²) in [4.78, 5) is 10.9. The van der Waals surface area contributed by atoms with Crippen LogP contribution in [0.3, 0.4) is 0 Å². The number of hydrogen-bond acceptors (Lipinski definition) is 4. The molecule has 1 unspecified atom stereocenters. The molecule has 0 bridgehead atoms. The lowest BCUT2D eigenvalue weighted by molar-refractivity contribution is -0.148. The third-order valence-corrected chi connectivity index (χ3v) is 2.51. The predicted octanol–water partition coefficient (Wildman–Crippen LogP) is 2.12. The Hall–Kier alpha value is -0.610. The van der Waals surface area contributed by atoms with Crippen molar-refractivity contribution in [3.63, 3.8) is 0 Å². The minimum absolute atomic E-state index is 0.0553. The van der Waals surface area contributed by atoms with Crippen molar-refractivity contribution in [3.8, 4) is 0 Å². The second kappa shape index (κ2) is 11.9. The summed E-state index contributed by atoms with van der Waals surface area (Å²) in [5, 5.41) is 3.37. The zero-order chi connectivity index (χ0) is 12.9. The number of unbranched alkanes of at least 4 members (excludes halogenated alkanes) is 2. The number of esters is 1. The van der Waals surface area contributed by atoms with E-state index in [0.29, 0.717) is 19.3 Å². The molecule has 17 heavy (non-hydrogen) atoms. The van der Waals surface area contributed by atoms with Crippen molar-refractivity contribution in [2.45, 2.75) is 52.5 Å². The Morgan fingerprint density at radius 3 is 2.71 bits per heavy atom. The van der Waals surface area contributed by atoms with Crippen molar-refractivity contribution < 1.29 is 14.3 Å². The third kappa shape index (κ3) is 11.6. The molecule has 0 aliphatic rings. The molecule has 4 heteroatoms. The SMILES string of the molecule is CCCCCC(C)NCCOCC(=O)OCC. The maximum Gasteiger partial charge on any atom is 0.332 e. The van der Waals surface area contributed by atoms with Crippen molar-refractivity contribution in [3.05, 3.63) is 0 Å². The fraction of sp³-hybridized carbons (Fsp3) is 0.923. The van der Waals surface area contributed by atoms with Gasteiger partial charge in [0.25, 0.3) is 0 Å². The van der Waals surface area contributed by atoms with Crippen molar-refractivity contribution in [2.75, 3.05) is 26.4 Å². The standard InChI is InChI=1S/C13H27NO3/c1-4-6-7-8-12(3)14-9-10-16-11-13(15)17-5-2/h12,14H,4-11H2,1-3H3. The molecule has 0 aromatic heterocycles. The molecule has 0 aromatic rings. The Balaban J connectivity index is 3.24. The van der Waals surface area contributed by atoms with E-state index in [2.05, 4.69) is 19.2 Å². The third-order valence-electron chi connectivity index (χ3n) is 2.51. The van der Waals surface area contributed by atoms with E-state index < -0.39 is 0 Å². The van der Waals surface area contributed by atoms with Gasteiger partial charge in [-0.2, -0.15) is 0 Å². The van der Waals surface area contributed by atoms with Crippen LogP contribution < -0.4 is 5.32 Å². The van der Waals surface area contributed by atoms with Crippen LogP contribution in [0, 0.1) is 0 Å². The molecule has 0 spiro atoms. The van der Waals surface area contributed by atoms with Gasteiger partial charge in [0, 0.05) is 12.6 Å². The minimum atomic E-state index is -0.288. The number of ether oxygens (including phenoxy) is 2. The van der Waals surface area contributed by atoms with Crippen LogP contribution in [0.25, 0.3) is 0 Å². The van der Waals surface area contributed by atoms with E-state index >= 15 is 0 Å². The van der Waals surface area contributed by atoms with Gasteiger partial charge in [0.2, 0.25) is 0 Å². The van der Waals surface area contributed by atoms with Gasteiger partial charge in [-0.3, -0.25) is 0 Å². The van der Waals surface area contributed by atoms with Gasteiger partial charge in [0.15, 0.2) is 0 Å². The molecular weight excluding hydrogens is 218 g/mol. The van der Waals surface area contributed by atoms with Gasteiger partial charge >= 0.3 is 5.97 Å². The molecular formula is C13H27NO3. The number of carbonyl (C=O) groups is 1. The van der Waals surface area contributed by atoms with Crippen molar-refractivity contribution in [1.82, 2.24) is 5.32 Å². The normalized spacial score (nSPS) is 12.4. The molecule has 0 aliphatic carbocycles. The van der Waals surface area contributed by atoms with E-state index in [1.165, 1.54) is 25.7 Å². The molecule has 0 saturated heterocycles. The van der Waals surface area contributed by atoms with E-state index in [9.17, 15) is 4.79 Å². The summed E-state index contributed by atoms with van der Waals surface area (Å²) in [6, 6.07) is 0.521. The summed E-state index contributed by atoms with van der Waals surface area (Å²) in [6.07, 6.45) is 5.03. The van der Waals surface area contributed by atoms with Gasteiger partial charge in [-0.1, -0.05) is 26.2 Å². The molecule has 0 fully saturated rings. The monoisotopic (exact) mass is 245 g/mol. The zero-order valence-electron chi connectivity index (χ0n) is 11.5. The molecule has 4 nitrogen and oxygen atoms in total. The average Bonchev–Trinajstić information content (AvgIpc) is 2.29. The summed E-state index contributed by atoms with van der Waals surface area (Å²) in [6.45, 7) is 7.98. The van der Waals surface area contributed by atoms with Gasteiger partial charge < -0.3 is 14.8 Å². The summed E-state index contributed by atoms with van der Waals surface area (Å²) in [5.74, 6) is -0.288. The molecule has 102 valence electrons. The lowest BCUT2D eigenvalue weighted by Crippen LogP contribution is -2.30. The fourth-order valence-corrected chi connectivity index (χ4v) is 1.54. The van der Waals surface area contributed by atoms with Crippen LogP contribution >= 0.6 is 0 Å². The van der Waals surface area contributed by atoms with E-state index in [1.807, 2.05) is 0 Å². The number of carbonyl (C=O) groups excluding carboxylic acids is 1. The largest absolute Gasteiger partial charge is 0.464 e.